The lowest BCUT2D eigenvalue weighted by molar-refractivity contribution is -0.191. The monoisotopic (exact) mass is 468 g/mol. The smallest absolute Gasteiger partial charge is 0.192 e. The number of ketones is 1. The molecule has 0 aromatic heterocycles. The number of methoxy groups -OCH3 is 2. The van der Waals surface area contributed by atoms with Crippen molar-refractivity contribution in [3.63, 3.8) is 0 Å². The molecule has 0 heterocycles. The highest BCUT2D eigenvalue weighted by molar-refractivity contribution is 6.74. The van der Waals surface area contributed by atoms with Crippen molar-refractivity contribution in [2.24, 2.45) is 34.5 Å². The predicted molar refractivity (Wildman–Crippen MR) is 127 cm³/mol. The lowest BCUT2D eigenvalue weighted by Gasteiger charge is -2.58. The van der Waals surface area contributed by atoms with E-state index in [1.807, 2.05) is 0 Å². The Bertz CT molecular complexity index is 716. The second-order valence-corrected chi connectivity index (χ2v) is 16.6. The zero-order valence-electron chi connectivity index (χ0n) is 21.5. The van der Waals surface area contributed by atoms with E-state index in [9.17, 15) is 4.79 Å². The van der Waals surface area contributed by atoms with Gasteiger partial charge in [0.1, 0.15) is 13.6 Å². The number of hydrogen-bond acceptors (Lipinski definition) is 6. The Kier molecular flexibility index (Phi) is 7.51. The molecule has 0 aromatic rings. The molecule has 0 radical (unpaired) electrons. The molecular weight excluding hydrogens is 424 g/mol. The molecule has 0 aliphatic heterocycles. The van der Waals surface area contributed by atoms with Crippen molar-refractivity contribution in [1.82, 2.24) is 0 Å². The van der Waals surface area contributed by atoms with Crippen LogP contribution in [0, 0.1) is 34.5 Å². The van der Waals surface area contributed by atoms with Crippen LogP contribution in [0.2, 0.25) is 18.1 Å². The third-order valence-electron chi connectivity index (χ3n) is 9.01. The average Bonchev–Trinajstić information content (AvgIpc) is 3.30. The van der Waals surface area contributed by atoms with Gasteiger partial charge in [0.05, 0.1) is 30.1 Å². The van der Waals surface area contributed by atoms with Gasteiger partial charge in [-0.25, -0.2) is 0 Å². The van der Waals surface area contributed by atoms with Crippen molar-refractivity contribution in [2.45, 2.75) is 65.3 Å². The maximum absolute atomic E-state index is 14.4. The molecule has 3 rings (SSSR count). The Hall–Kier alpha value is -0.573. The maximum Gasteiger partial charge on any atom is 0.192 e. The summed E-state index contributed by atoms with van der Waals surface area (Å²) < 4.78 is 29.3. The molecule has 0 aromatic carbocycles. The highest BCUT2D eigenvalue weighted by Gasteiger charge is 2.71. The molecule has 3 aliphatic carbocycles. The van der Waals surface area contributed by atoms with E-state index >= 15 is 0 Å². The van der Waals surface area contributed by atoms with Crippen LogP contribution in [0.25, 0.3) is 0 Å². The standard InChI is InChI=1S/C25H44O6Si/c1-17-21(31-32(8,9)23(2,3)4)20-18-10-11-19(12-18)25(20,14-30-16-28-7)22(26)24(17,5)13-29-15-27-6/h10-11,17-21H,12-16H2,1-9H3/t17-,18+,19-,20-,21-,24-,25-/m0/s1. The highest BCUT2D eigenvalue weighted by Crippen LogP contribution is 2.66. The van der Waals surface area contributed by atoms with Crippen LogP contribution >= 0.6 is 0 Å². The van der Waals surface area contributed by atoms with Gasteiger partial charge >= 0.3 is 0 Å². The van der Waals surface area contributed by atoms with Crippen molar-refractivity contribution in [2.75, 3.05) is 41.0 Å². The van der Waals surface area contributed by atoms with Crippen LogP contribution in [0.4, 0.5) is 0 Å². The fourth-order valence-corrected chi connectivity index (χ4v) is 7.45. The highest BCUT2D eigenvalue weighted by atomic mass is 28.4. The molecule has 7 heteroatoms. The topological polar surface area (TPSA) is 63.2 Å². The van der Waals surface area contributed by atoms with Crippen molar-refractivity contribution in [3.8, 4) is 0 Å². The zero-order chi connectivity index (χ0) is 23.9. The van der Waals surface area contributed by atoms with Crippen LogP contribution in [0.3, 0.4) is 0 Å². The minimum absolute atomic E-state index is 0.0225. The van der Waals surface area contributed by atoms with Crippen LogP contribution < -0.4 is 0 Å². The Morgan fingerprint density at radius 1 is 1.06 bits per heavy atom. The van der Waals surface area contributed by atoms with Crippen molar-refractivity contribution >= 4 is 14.1 Å². The fourth-order valence-electron chi connectivity index (χ4n) is 6.06. The fraction of sp³-hybridized carbons (Fsp3) is 0.880. The van der Waals surface area contributed by atoms with Crippen molar-refractivity contribution < 1.29 is 28.2 Å². The molecule has 0 N–H and O–H groups in total. The van der Waals surface area contributed by atoms with Crippen LogP contribution in [0.15, 0.2) is 12.2 Å². The Morgan fingerprint density at radius 3 is 2.22 bits per heavy atom. The van der Waals surface area contributed by atoms with Gasteiger partial charge in [0.2, 0.25) is 0 Å². The maximum atomic E-state index is 14.4. The first-order valence-corrected chi connectivity index (χ1v) is 14.8. The molecule has 32 heavy (non-hydrogen) atoms. The van der Waals surface area contributed by atoms with E-state index in [4.69, 9.17) is 23.4 Å². The van der Waals surface area contributed by atoms with E-state index in [-0.39, 0.29) is 48.3 Å². The van der Waals surface area contributed by atoms with E-state index in [2.05, 4.69) is 59.9 Å². The molecule has 2 bridgehead atoms. The van der Waals surface area contributed by atoms with E-state index in [0.29, 0.717) is 19.1 Å². The molecule has 0 amide bonds. The van der Waals surface area contributed by atoms with Gasteiger partial charge in [0.25, 0.3) is 0 Å². The van der Waals surface area contributed by atoms with Gasteiger partial charge < -0.3 is 23.4 Å². The second-order valence-electron chi connectivity index (χ2n) is 11.8. The molecule has 184 valence electrons. The molecular formula is C25H44O6Si. The Morgan fingerprint density at radius 2 is 1.66 bits per heavy atom. The molecule has 6 nitrogen and oxygen atoms in total. The summed E-state index contributed by atoms with van der Waals surface area (Å²) in [5.74, 6) is 0.899. The van der Waals surface area contributed by atoms with Gasteiger partial charge in [0.15, 0.2) is 14.1 Å². The van der Waals surface area contributed by atoms with Gasteiger partial charge in [-0.3, -0.25) is 4.79 Å². The summed E-state index contributed by atoms with van der Waals surface area (Å²) in [5, 5.41) is 0.0831. The number of hydrogen-bond donors (Lipinski definition) is 0. The number of carbonyl (C=O) groups is 1. The molecule has 2 saturated carbocycles. The molecule has 2 fully saturated rings. The van der Waals surface area contributed by atoms with Crippen LogP contribution in [0.5, 0.6) is 0 Å². The molecule has 3 aliphatic rings. The number of Topliss-reactive ketones (excluding diaryl/α,β-unsaturated/α-hetero) is 1. The Balaban J connectivity index is 2.07. The van der Waals surface area contributed by atoms with E-state index in [0.717, 1.165) is 6.42 Å². The summed E-state index contributed by atoms with van der Waals surface area (Å²) >= 11 is 0. The number of fused-ring (bicyclic) bond motifs is 5. The minimum Gasteiger partial charge on any atom is -0.413 e. The summed E-state index contributed by atoms with van der Waals surface area (Å²) in [4.78, 5) is 14.4. The molecule has 7 atom stereocenters. The third kappa shape index (κ3) is 4.07. The first-order valence-electron chi connectivity index (χ1n) is 11.9. The molecule has 0 saturated heterocycles. The quantitative estimate of drug-likeness (QED) is 0.201. The van der Waals surface area contributed by atoms with Crippen LogP contribution in [0.1, 0.15) is 41.0 Å². The first kappa shape index (κ1) is 26.0. The van der Waals surface area contributed by atoms with E-state index in [1.165, 1.54) is 0 Å². The van der Waals surface area contributed by atoms with Gasteiger partial charge in [0, 0.05) is 20.1 Å². The zero-order valence-corrected chi connectivity index (χ0v) is 22.5. The van der Waals surface area contributed by atoms with Gasteiger partial charge in [-0.15, -0.1) is 0 Å². The van der Waals surface area contributed by atoms with Crippen molar-refractivity contribution in [3.05, 3.63) is 12.2 Å². The Labute approximate surface area is 195 Å². The number of ether oxygens (including phenoxy) is 4. The van der Waals surface area contributed by atoms with Gasteiger partial charge in [-0.1, -0.05) is 46.8 Å². The van der Waals surface area contributed by atoms with Crippen LogP contribution in [-0.2, 0) is 28.2 Å². The molecule has 0 unspecified atom stereocenters. The van der Waals surface area contributed by atoms with E-state index < -0.39 is 19.1 Å². The summed E-state index contributed by atoms with van der Waals surface area (Å²) in [7, 11) is 1.14. The first-order chi connectivity index (χ1) is 14.9. The molecule has 0 spiro atoms. The summed E-state index contributed by atoms with van der Waals surface area (Å²) in [6.45, 7) is 16.7. The number of allylic oxidation sites excluding steroid dienone is 2. The SMILES string of the molecule is COCOC[C@@]12C(=O)[C@@](C)(COCOC)[C@@H](C)[C@H](O[Si](C)(C)C(C)(C)C)[C@@H]1[C@@H]1C=C[C@H]2C1. The number of carbonyl (C=O) groups excluding carboxylic acids is 1. The van der Waals surface area contributed by atoms with Gasteiger partial charge in [-0.2, -0.15) is 0 Å². The minimum atomic E-state index is -2.08. The third-order valence-corrected chi connectivity index (χ3v) is 13.5. The normalized spacial score (nSPS) is 39.0. The van der Waals surface area contributed by atoms with E-state index in [1.54, 1.807) is 14.2 Å². The second kappa shape index (κ2) is 9.23. The lowest BCUT2D eigenvalue weighted by Crippen LogP contribution is -2.67. The number of rotatable bonds is 10. The predicted octanol–water partition coefficient (Wildman–Crippen LogP) is 4.65. The summed E-state index contributed by atoms with van der Waals surface area (Å²) in [6.07, 6.45) is 5.52. The summed E-state index contributed by atoms with van der Waals surface area (Å²) in [6, 6.07) is 0. The summed E-state index contributed by atoms with van der Waals surface area (Å²) in [5.41, 5.74) is -1.29. The lowest BCUT2D eigenvalue weighted by atomic mass is 9.49. The van der Waals surface area contributed by atoms with Gasteiger partial charge in [-0.05, 0) is 42.3 Å². The van der Waals surface area contributed by atoms with Crippen LogP contribution in [-0.4, -0.2) is 61.2 Å². The average molecular weight is 469 g/mol. The largest absolute Gasteiger partial charge is 0.413 e. The van der Waals surface area contributed by atoms with Crippen molar-refractivity contribution in [1.29, 1.82) is 0 Å².